The Morgan fingerprint density at radius 1 is 1.00 bits per heavy atom. The number of nitrogens with two attached hydrogens (primary N) is 1. The average Bonchev–Trinajstić information content (AvgIpc) is 3.30. The quantitative estimate of drug-likeness (QED) is 0.228. The van der Waals surface area contributed by atoms with E-state index in [-0.39, 0.29) is 24.1 Å². The van der Waals surface area contributed by atoms with E-state index in [0.717, 1.165) is 24.3 Å². The van der Waals surface area contributed by atoms with Crippen LogP contribution >= 0.6 is 23.2 Å². The highest BCUT2D eigenvalue weighted by Crippen LogP contribution is 2.31. The molecule has 0 aliphatic rings. The third kappa shape index (κ3) is 6.18. The number of amides is 2. The third-order valence-corrected chi connectivity index (χ3v) is 6.91. The standard InChI is InChI=1S/C29H20Cl2F3N5O2/c30-17-10-23(31)22-13-37-39(26(22)11-17)14-27(40)38-25(8-15-6-18(32)12-19(33)7-15)28-20(2-1-5-36-28)16-3-4-24(34)21(9-16)29(35)41/h1-7,9-13,25H,8,14H2,(H2,35,41)(H,38,40)/t25-/m0/s1. The molecule has 3 aromatic carbocycles. The fourth-order valence-corrected chi connectivity index (χ4v) is 5.14. The number of hydrogen-bond acceptors (Lipinski definition) is 4. The van der Waals surface area contributed by atoms with Gasteiger partial charge in [0.2, 0.25) is 5.91 Å². The first-order valence-corrected chi connectivity index (χ1v) is 12.9. The number of nitrogens with one attached hydrogen (secondary N) is 1. The Morgan fingerprint density at radius 3 is 2.49 bits per heavy atom. The molecule has 0 spiro atoms. The highest BCUT2D eigenvalue weighted by Gasteiger charge is 2.23. The predicted molar refractivity (Wildman–Crippen MR) is 149 cm³/mol. The lowest BCUT2D eigenvalue weighted by molar-refractivity contribution is -0.122. The van der Waals surface area contributed by atoms with Gasteiger partial charge in [0, 0.05) is 28.2 Å². The monoisotopic (exact) mass is 597 g/mol. The van der Waals surface area contributed by atoms with Gasteiger partial charge in [0.15, 0.2) is 0 Å². The number of fused-ring (bicyclic) bond motifs is 1. The van der Waals surface area contributed by atoms with Gasteiger partial charge in [0.05, 0.1) is 34.0 Å². The molecule has 0 unspecified atom stereocenters. The van der Waals surface area contributed by atoms with Crippen LogP contribution in [0.15, 0.2) is 73.1 Å². The molecule has 12 heteroatoms. The second-order valence-electron chi connectivity index (χ2n) is 9.22. The van der Waals surface area contributed by atoms with Gasteiger partial charge in [-0.25, -0.2) is 13.2 Å². The fraction of sp³-hybridized carbons (Fsp3) is 0.103. The molecule has 208 valence electrons. The van der Waals surface area contributed by atoms with E-state index in [4.69, 9.17) is 28.9 Å². The van der Waals surface area contributed by atoms with Crippen molar-refractivity contribution in [3.8, 4) is 11.1 Å². The van der Waals surface area contributed by atoms with Crippen LogP contribution in [-0.4, -0.2) is 26.6 Å². The summed E-state index contributed by atoms with van der Waals surface area (Å²) in [5.74, 6) is -3.82. The smallest absolute Gasteiger partial charge is 0.251 e. The maximum absolute atomic E-state index is 14.2. The van der Waals surface area contributed by atoms with E-state index in [1.165, 1.54) is 29.2 Å². The van der Waals surface area contributed by atoms with Crippen LogP contribution in [0.3, 0.4) is 0 Å². The largest absolute Gasteiger partial charge is 0.366 e. The van der Waals surface area contributed by atoms with Gasteiger partial charge < -0.3 is 11.1 Å². The van der Waals surface area contributed by atoms with Crippen LogP contribution in [0, 0.1) is 17.5 Å². The van der Waals surface area contributed by atoms with Crippen molar-refractivity contribution in [2.75, 3.05) is 0 Å². The van der Waals surface area contributed by atoms with Crippen LogP contribution < -0.4 is 11.1 Å². The zero-order chi connectivity index (χ0) is 29.3. The summed E-state index contributed by atoms with van der Waals surface area (Å²) in [6.07, 6.45) is 2.94. The summed E-state index contributed by atoms with van der Waals surface area (Å²) in [7, 11) is 0. The van der Waals surface area contributed by atoms with Gasteiger partial charge in [0.1, 0.15) is 24.0 Å². The van der Waals surface area contributed by atoms with E-state index < -0.39 is 35.3 Å². The number of primary amides is 1. The molecule has 0 radical (unpaired) electrons. The minimum Gasteiger partial charge on any atom is -0.366 e. The van der Waals surface area contributed by atoms with Crippen LogP contribution in [0.4, 0.5) is 13.2 Å². The number of halogens is 5. The van der Waals surface area contributed by atoms with Gasteiger partial charge in [0.25, 0.3) is 5.91 Å². The van der Waals surface area contributed by atoms with Crippen molar-refractivity contribution in [1.82, 2.24) is 20.1 Å². The number of rotatable bonds is 8. The number of aromatic nitrogens is 3. The van der Waals surface area contributed by atoms with Crippen LogP contribution in [0.25, 0.3) is 22.0 Å². The van der Waals surface area contributed by atoms with E-state index in [2.05, 4.69) is 15.4 Å². The first-order valence-electron chi connectivity index (χ1n) is 12.2. The van der Waals surface area contributed by atoms with Crippen molar-refractivity contribution in [1.29, 1.82) is 0 Å². The molecule has 41 heavy (non-hydrogen) atoms. The van der Waals surface area contributed by atoms with Crippen molar-refractivity contribution in [2.24, 2.45) is 5.73 Å². The topological polar surface area (TPSA) is 103 Å². The Bertz CT molecular complexity index is 1790. The van der Waals surface area contributed by atoms with Crippen molar-refractivity contribution in [2.45, 2.75) is 19.0 Å². The molecule has 3 N–H and O–H groups in total. The Hall–Kier alpha value is -4.41. The number of benzene rings is 3. The lowest BCUT2D eigenvalue weighted by Gasteiger charge is -2.22. The summed E-state index contributed by atoms with van der Waals surface area (Å²) >= 11 is 12.4. The van der Waals surface area contributed by atoms with Gasteiger partial charge in [-0.2, -0.15) is 5.10 Å². The van der Waals surface area contributed by atoms with E-state index in [1.807, 2.05) is 0 Å². The van der Waals surface area contributed by atoms with Crippen LogP contribution in [0.5, 0.6) is 0 Å². The molecule has 2 aromatic heterocycles. The SMILES string of the molecule is NC(=O)c1cc(-c2cccnc2[C@H](Cc2cc(F)cc(F)c2)NC(=O)Cn2ncc3c(Cl)cc(Cl)cc32)ccc1F. The van der Waals surface area contributed by atoms with E-state index in [9.17, 15) is 22.8 Å². The van der Waals surface area contributed by atoms with Crippen LogP contribution in [-0.2, 0) is 17.8 Å². The summed E-state index contributed by atoms with van der Waals surface area (Å²) in [6.45, 7) is -0.237. The molecular formula is C29H20Cl2F3N5O2. The first kappa shape index (κ1) is 28.1. The summed E-state index contributed by atoms with van der Waals surface area (Å²) < 4.78 is 43.7. The molecule has 5 rings (SSSR count). The fourth-order valence-electron chi connectivity index (χ4n) is 4.61. The average molecular weight is 598 g/mol. The molecule has 2 heterocycles. The maximum Gasteiger partial charge on any atom is 0.251 e. The van der Waals surface area contributed by atoms with Crippen LogP contribution in [0.2, 0.25) is 10.0 Å². The van der Waals surface area contributed by atoms with Crippen molar-refractivity contribution in [3.05, 3.63) is 117 Å². The molecule has 0 saturated carbocycles. The van der Waals surface area contributed by atoms with E-state index >= 15 is 0 Å². The van der Waals surface area contributed by atoms with Gasteiger partial charge in [-0.1, -0.05) is 35.3 Å². The molecule has 1 atom stereocenters. The first-order chi connectivity index (χ1) is 19.6. The van der Waals surface area contributed by atoms with E-state index in [0.29, 0.717) is 37.8 Å². The summed E-state index contributed by atoms with van der Waals surface area (Å²) in [5.41, 5.74) is 6.94. The number of nitrogens with zero attached hydrogens (tertiary/aromatic N) is 3. The third-order valence-electron chi connectivity index (χ3n) is 6.38. The molecule has 2 amide bonds. The van der Waals surface area contributed by atoms with Crippen molar-refractivity contribution < 1.29 is 22.8 Å². The Kier molecular flexibility index (Phi) is 7.96. The highest BCUT2D eigenvalue weighted by molar-refractivity contribution is 6.38. The van der Waals surface area contributed by atoms with Crippen LogP contribution in [0.1, 0.15) is 27.7 Å². The second-order valence-corrected chi connectivity index (χ2v) is 10.1. The highest BCUT2D eigenvalue weighted by atomic mass is 35.5. The summed E-state index contributed by atoms with van der Waals surface area (Å²) in [6, 6.07) is 12.4. The number of hydrogen-bond donors (Lipinski definition) is 2. The second kappa shape index (κ2) is 11.6. The van der Waals surface area contributed by atoms with Gasteiger partial charge in [-0.05, 0) is 60.0 Å². The van der Waals surface area contributed by atoms with Crippen molar-refractivity contribution >= 4 is 45.9 Å². The summed E-state index contributed by atoms with van der Waals surface area (Å²) in [4.78, 5) is 29.6. The van der Waals surface area contributed by atoms with Gasteiger partial charge in [-0.15, -0.1) is 0 Å². The molecule has 0 fully saturated rings. The van der Waals surface area contributed by atoms with Gasteiger partial charge in [-0.3, -0.25) is 19.3 Å². The Balaban J connectivity index is 1.53. The molecule has 0 aliphatic heterocycles. The summed E-state index contributed by atoms with van der Waals surface area (Å²) in [5, 5.41) is 8.45. The molecular weight excluding hydrogens is 578 g/mol. The minimum atomic E-state index is -0.957. The Morgan fingerprint density at radius 2 is 1.76 bits per heavy atom. The minimum absolute atomic E-state index is 0.0498. The van der Waals surface area contributed by atoms with E-state index in [1.54, 1.807) is 24.3 Å². The lowest BCUT2D eigenvalue weighted by atomic mass is 9.94. The number of carbonyl (C=O) groups excluding carboxylic acids is 2. The zero-order valence-corrected chi connectivity index (χ0v) is 22.6. The lowest BCUT2D eigenvalue weighted by Crippen LogP contribution is -2.34. The number of carbonyl (C=O) groups is 2. The number of pyridine rings is 1. The van der Waals surface area contributed by atoms with Gasteiger partial charge >= 0.3 is 0 Å². The molecule has 0 saturated heterocycles. The Labute approximate surface area is 241 Å². The normalized spacial score (nSPS) is 11.9. The maximum atomic E-state index is 14.2. The molecule has 5 aromatic rings. The van der Waals surface area contributed by atoms with Crippen molar-refractivity contribution in [3.63, 3.8) is 0 Å². The molecule has 0 bridgehead atoms. The molecule has 7 nitrogen and oxygen atoms in total. The zero-order valence-electron chi connectivity index (χ0n) is 21.0. The predicted octanol–water partition coefficient (Wildman–Crippen LogP) is 6.02. The molecule has 0 aliphatic carbocycles.